The molecule has 3 rings (SSSR count). The third kappa shape index (κ3) is 3.70. The Bertz CT molecular complexity index is 443. The molecular formula is C18H28N2O. The van der Waals surface area contributed by atoms with E-state index in [0.717, 1.165) is 37.9 Å². The average molecular weight is 288 g/mol. The summed E-state index contributed by atoms with van der Waals surface area (Å²) in [5.41, 5.74) is 1.31. The molecule has 1 aliphatic heterocycles. The van der Waals surface area contributed by atoms with Gasteiger partial charge in [0.05, 0.1) is 6.61 Å². The van der Waals surface area contributed by atoms with E-state index in [-0.39, 0.29) is 0 Å². The fourth-order valence-corrected chi connectivity index (χ4v) is 3.80. The van der Waals surface area contributed by atoms with Crippen LogP contribution in [0.25, 0.3) is 0 Å². The van der Waals surface area contributed by atoms with Crippen LogP contribution in [0.3, 0.4) is 0 Å². The average Bonchev–Trinajstić information content (AvgIpc) is 2.56. The molecule has 0 spiro atoms. The van der Waals surface area contributed by atoms with Gasteiger partial charge in [0.15, 0.2) is 0 Å². The van der Waals surface area contributed by atoms with E-state index in [1.165, 1.54) is 37.8 Å². The van der Waals surface area contributed by atoms with Crippen molar-refractivity contribution in [3.05, 3.63) is 24.3 Å². The molecule has 1 unspecified atom stereocenters. The zero-order chi connectivity index (χ0) is 14.5. The summed E-state index contributed by atoms with van der Waals surface area (Å²) >= 11 is 0. The molecule has 1 aromatic carbocycles. The third-order valence-corrected chi connectivity index (χ3v) is 4.92. The Balaban J connectivity index is 1.66. The number of nitrogens with zero attached hydrogens (tertiary/aromatic N) is 1. The van der Waals surface area contributed by atoms with Crippen molar-refractivity contribution < 1.29 is 4.74 Å². The van der Waals surface area contributed by atoms with Gasteiger partial charge in [-0.15, -0.1) is 0 Å². The number of nitrogens with one attached hydrogen (secondary N) is 1. The molecule has 1 aromatic rings. The normalized spacial score (nSPS) is 24.0. The fourth-order valence-electron chi connectivity index (χ4n) is 3.80. The van der Waals surface area contributed by atoms with Crippen molar-refractivity contribution in [3.63, 3.8) is 0 Å². The lowest BCUT2D eigenvalue weighted by Crippen LogP contribution is -2.54. The van der Waals surface area contributed by atoms with Gasteiger partial charge >= 0.3 is 0 Å². The zero-order valence-electron chi connectivity index (χ0n) is 13.2. The highest BCUT2D eigenvalue weighted by molar-refractivity contribution is 5.51. The van der Waals surface area contributed by atoms with Crippen LogP contribution in [0.1, 0.15) is 39.0 Å². The second-order valence-corrected chi connectivity index (χ2v) is 6.34. The molecule has 2 aliphatic rings. The highest BCUT2D eigenvalue weighted by Crippen LogP contribution is 2.29. The minimum atomic E-state index is 0.662. The molecule has 3 heteroatoms. The summed E-state index contributed by atoms with van der Waals surface area (Å²) < 4.78 is 5.64. The van der Waals surface area contributed by atoms with Gasteiger partial charge in [0.1, 0.15) is 5.75 Å². The molecule has 0 radical (unpaired) electrons. The van der Waals surface area contributed by atoms with Gasteiger partial charge in [-0.2, -0.15) is 0 Å². The Kier molecular flexibility index (Phi) is 5.02. The van der Waals surface area contributed by atoms with Crippen LogP contribution in [-0.4, -0.2) is 32.3 Å². The fraction of sp³-hybridized carbons (Fsp3) is 0.667. The van der Waals surface area contributed by atoms with E-state index in [1.807, 2.05) is 13.0 Å². The van der Waals surface area contributed by atoms with Crippen molar-refractivity contribution in [1.82, 2.24) is 5.32 Å². The van der Waals surface area contributed by atoms with Crippen LogP contribution in [0.5, 0.6) is 5.75 Å². The number of piperazine rings is 1. The molecule has 1 saturated heterocycles. The quantitative estimate of drug-likeness (QED) is 0.918. The van der Waals surface area contributed by atoms with Gasteiger partial charge in [0, 0.05) is 37.4 Å². The first-order chi connectivity index (χ1) is 10.4. The topological polar surface area (TPSA) is 24.5 Å². The zero-order valence-corrected chi connectivity index (χ0v) is 13.2. The standard InChI is InChI=1S/C18H28N2O/c1-2-21-17-10-6-9-16(13-17)20-12-11-19-18(14-20)15-7-4-3-5-8-15/h6,9-10,13,15,18-19H,2-5,7-8,11-12,14H2,1H3. The number of benzene rings is 1. The minimum Gasteiger partial charge on any atom is -0.494 e. The maximum atomic E-state index is 5.64. The van der Waals surface area contributed by atoms with E-state index in [2.05, 4.69) is 28.4 Å². The molecule has 21 heavy (non-hydrogen) atoms. The molecule has 1 saturated carbocycles. The van der Waals surface area contributed by atoms with Crippen LogP contribution in [-0.2, 0) is 0 Å². The molecule has 116 valence electrons. The lowest BCUT2D eigenvalue weighted by atomic mass is 9.83. The summed E-state index contributed by atoms with van der Waals surface area (Å²) in [5.74, 6) is 1.86. The van der Waals surface area contributed by atoms with Gasteiger partial charge in [-0.1, -0.05) is 25.3 Å². The summed E-state index contributed by atoms with van der Waals surface area (Å²) in [6.07, 6.45) is 7.09. The number of hydrogen-bond donors (Lipinski definition) is 1. The van der Waals surface area contributed by atoms with Gasteiger partial charge in [-0.25, -0.2) is 0 Å². The van der Waals surface area contributed by atoms with Gasteiger partial charge < -0.3 is 15.0 Å². The van der Waals surface area contributed by atoms with E-state index < -0.39 is 0 Å². The van der Waals surface area contributed by atoms with Crippen LogP contribution in [0.4, 0.5) is 5.69 Å². The van der Waals surface area contributed by atoms with Crippen molar-refractivity contribution in [2.45, 2.75) is 45.1 Å². The van der Waals surface area contributed by atoms with Crippen molar-refractivity contribution in [1.29, 1.82) is 0 Å². The van der Waals surface area contributed by atoms with Crippen LogP contribution in [0.15, 0.2) is 24.3 Å². The summed E-state index contributed by atoms with van der Waals surface area (Å²) in [4.78, 5) is 2.53. The highest BCUT2D eigenvalue weighted by atomic mass is 16.5. The van der Waals surface area contributed by atoms with E-state index in [0.29, 0.717) is 6.04 Å². The first-order valence-electron chi connectivity index (χ1n) is 8.58. The van der Waals surface area contributed by atoms with Crippen LogP contribution < -0.4 is 15.0 Å². The Morgan fingerprint density at radius 3 is 2.90 bits per heavy atom. The van der Waals surface area contributed by atoms with Crippen LogP contribution in [0, 0.1) is 5.92 Å². The molecule has 0 amide bonds. The molecular weight excluding hydrogens is 260 g/mol. The number of rotatable bonds is 4. The second kappa shape index (κ2) is 7.17. The first-order valence-corrected chi connectivity index (χ1v) is 8.58. The predicted molar refractivity (Wildman–Crippen MR) is 88.2 cm³/mol. The second-order valence-electron chi connectivity index (χ2n) is 6.34. The van der Waals surface area contributed by atoms with Gasteiger partial charge in [-0.05, 0) is 37.8 Å². The number of hydrogen-bond acceptors (Lipinski definition) is 3. The Labute approximate surface area is 128 Å². The Morgan fingerprint density at radius 2 is 2.10 bits per heavy atom. The van der Waals surface area contributed by atoms with Gasteiger partial charge in [0.25, 0.3) is 0 Å². The highest BCUT2D eigenvalue weighted by Gasteiger charge is 2.28. The number of ether oxygens (including phenoxy) is 1. The van der Waals surface area contributed by atoms with E-state index in [1.54, 1.807) is 0 Å². The molecule has 1 atom stereocenters. The molecule has 1 aliphatic carbocycles. The predicted octanol–water partition coefficient (Wildman–Crippen LogP) is 3.44. The van der Waals surface area contributed by atoms with Crippen molar-refractivity contribution in [2.75, 3.05) is 31.1 Å². The maximum Gasteiger partial charge on any atom is 0.121 e. The monoisotopic (exact) mass is 288 g/mol. The lowest BCUT2D eigenvalue weighted by Gasteiger charge is -2.40. The van der Waals surface area contributed by atoms with Gasteiger partial charge in [0.2, 0.25) is 0 Å². The molecule has 2 fully saturated rings. The lowest BCUT2D eigenvalue weighted by molar-refractivity contribution is 0.257. The largest absolute Gasteiger partial charge is 0.494 e. The van der Waals surface area contributed by atoms with Crippen molar-refractivity contribution >= 4 is 5.69 Å². The van der Waals surface area contributed by atoms with Crippen LogP contribution >= 0.6 is 0 Å². The van der Waals surface area contributed by atoms with E-state index in [9.17, 15) is 0 Å². The first kappa shape index (κ1) is 14.7. The Hall–Kier alpha value is -1.22. The third-order valence-electron chi connectivity index (χ3n) is 4.92. The van der Waals surface area contributed by atoms with Gasteiger partial charge in [-0.3, -0.25) is 0 Å². The van der Waals surface area contributed by atoms with Crippen molar-refractivity contribution in [2.24, 2.45) is 5.92 Å². The molecule has 1 N–H and O–H groups in total. The summed E-state index contributed by atoms with van der Waals surface area (Å²) in [5, 5.41) is 3.76. The summed E-state index contributed by atoms with van der Waals surface area (Å²) in [6.45, 7) is 6.10. The number of anilines is 1. The van der Waals surface area contributed by atoms with E-state index in [4.69, 9.17) is 4.74 Å². The van der Waals surface area contributed by atoms with Crippen LogP contribution in [0.2, 0.25) is 0 Å². The molecule has 0 bridgehead atoms. The smallest absolute Gasteiger partial charge is 0.121 e. The molecule has 3 nitrogen and oxygen atoms in total. The van der Waals surface area contributed by atoms with E-state index >= 15 is 0 Å². The maximum absolute atomic E-state index is 5.64. The minimum absolute atomic E-state index is 0.662. The molecule has 0 aromatic heterocycles. The Morgan fingerprint density at radius 1 is 1.24 bits per heavy atom. The molecule has 1 heterocycles. The SMILES string of the molecule is CCOc1cccc(N2CCNC(C3CCCCC3)C2)c1. The van der Waals surface area contributed by atoms with Crippen molar-refractivity contribution in [3.8, 4) is 5.75 Å². The summed E-state index contributed by atoms with van der Waals surface area (Å²) in [6, 6.07) is 9.22. The summed E-state index contributed by atoms with van der Waals surface area (Å²) in [7, 11) is 0.